The zero-order valence-electron chi connectivity index (χ0n) is 32.3. The molecular formula is C53H40N2PtS. The number of hydrogen-bond acceptors (Lipinski definition) is 3. The third-order valence-electron chi connectivity index (χ3n) is 11.1. The molecule has 0 unspecified atom stereocenters. The summed E-state index contributed by atoms with van der Waals surface area (Å²) in [5.41, 5.74) is 13.4. The van der Waals surface area contributed by atoms with Gasteiger partial charge in [-0.15, -0.1) is 53.4 Å². The average molecular weight is 932 g/mol. The van der Waals surface area contributed by atoms with E-state index in [1.807, 2.05) is 29.5 Å². The van der Waals surface area contributed by atoms with Crippen molar-refractivity contribution in [1.82, 2.24) is 9.97 Å². The molecule has 0 radical (unpaired) electrons. The fraction of sp³-hybridized carbons (Fsp3) is 0.132. The van der Waals surface area contributed by atoms with Crippen LogP contribution in [0.1, 0.15) is 53.7 Å². The first-order chi connectivity index (χ1) is 27.3. The number of rotatable bonds is 6. The molecule has 0 amide bonds. The second-order valence-electron chi connectivity index (χ2n) is 16.2. The maximum absolute atomic E-state index is 5.82. The molecule has 0 N–H and O–H groups in total. The average Bonchev–Trinajstić information content (AvgIpc) is 3.77. The number of nitrogens with zero attached hydrogens (tertiary/aromatic N) is 2. The van der Waals surface area contributed by atoms with Gasteiger partial charge in [-0.2, -0.15) is 11.3 Å². The van der Waals surface area contributed by atoms with Crippen LogP contribution in [0.4, 0.5) is 0 Å². The van der Waals surface area contributed by atoms with Crippen molar-refractivity contribution in [3.05, 3.63) is 203 Å². The first-order valence-corrected chi connectivity index (χ1v) is 20.2. The molecule has 0 saturated heterocycles. The van der Waals surface area contributed by atoms with Crippen molar-refractivity contribution >= 4 is 32.2 Å². The van der Waals surface area contributed by atoms with Gasteiger partial charge in [-0.1, -0.05) is 152 Å². The minimum absolute atomic E-state index is 0. The number of fused-ring (bicyclic) bond motifs is 6. The van der Waals surface area contributed by atoms with Crippen LogP contribution < -0.4 is 0 Å². The van der Waals surface area contributed by atoms with Gasteiger partial charge < -0.3 is 0 Å². The van der Waals surface area contributed by atoms with Gasteiger partial charge in [-0.05, 0) is 85.1 Å². The van der Waals surface area contributed by atoms with Crippen molar-refractivity contribution in [2.75, 3.05) is 0 Å². The van der Waals surface area contributed by atoms with E-state index in [9.17, 15) is 0 Å². The van der Waals surface area contributed by atoms with Crippen LogP contribution in [0.5, 0.6) is 0 Å². The Kier molecular flexibility index (Phi) is 9.43. The SMILES string of the molecule is Cc1cc2c(s1)c(-c1cc(-c3ccc(CC(C)(C)C)cc3)cc(C3(c4cccc(-c5[c-]cccc5)n4)c4ccccc4-c4ccccc43)n1)[c-]c1ccccc12.[Pt+2]. The predicted octanol–water partition coefficient (Wildman–Crippen LogP) is 13.7. The fourth-order valence-corrected chi connectivity index (χ4v) is 9.84. The van der Waals surface area contributed by atoms with E-state index in [1.165, 1.54) is 48.2 Å². The zero-order valence-corrected chi connectivity index (χ0v) is 35.4. The van der Waals surface area contributed by atoms with E-state index in [-0.39, 0.29) is 26.5 Å². The largest absolute Gasteiger partial charge is 2.00 e. The number of aryl methyl sites for hydroxylation is 1. The molecule has 0 aliphatic heterocycles. The number of hydrogen-bond donors (Lipinski definition) is 0. The molecule has 1 aliphatic carbocycles. The maximum Gasteiger partial charge on any atom is 2.00 e. The van der Waals surface area contributed by atoms with Crippen molar-refractivity contribution in [3.63, 3.8) is 0 Å². The van der Waals surface area contributed by atoms with Crippen LogP contribution in [-0.4, -0.2) is 9.97 Å². The Morgan fingerprint density at radius 1 is 0.614 bits per heavy atom. The van der Waals surface area contributed by atoms with Crippen molar-refractivity contribution < 1.29 is 21.1 Å². The Morgan fingerprint density at radius 3 is 2.02 bits per heavy atom. The molecule has 2 nitrogen and oxygen atoms in total. The first-order valence-electron chi connectivity index (χ1n) is 19.4. The van der Waals surface area contributed by atoms with Gasteiger partial charge in [0.05, 0.1) is 11.4 Å². The molecule has 0 spiro atoms. The second-order valence-corrected chi connectivity index (χ2v) is 17.5. The van der Waals surface area contributed by atoms with Gasteiger partial charge in [-0.3, -0.25) is 9.97 Å². The molecular weight excluding hydrogens is 892 g/mol. The Morgan fingerprint density at radius 2 is 1.30 bits per heavy atom. The summed E-state index contributed by atoms with van der Waals surface area (Å²) in [5, 5.41) is 3.56. The Labute approximate surface area is 353 Å². The number of thiophene rings is 1. The number of benzene rings is 6. The van der Waals surface area contributed by atoms with Gasteiger partial charge in [0.25, 0.3) is 0 Å². The summed E-state index contributed by atoms with van der Waals surface area (Å²) in [5.74, 6) is 0. The molecule has 9 aromatic rings. The van der Waals surface area contributed by atoms with Crippen LogP contribution in [0.15, 0.2) is 158 Å². The van der Waals surface area contributed by atoms with Crippen LogP contribution in [0.3, 0.4) is 0 Å². The van der Waals surface area contributed by atoms with Crippen LogP contribution in [0.2, 0.25) is 0 Å². The van der Waals surface area contributed by atoms with E-state index >= 15 is 0 Å². The number of aromatic nitrogens is 2. The molecule has 278 valence electrons. The quantitative estimate of drug-likeness (QED) is 0.155. The number of pyridine rings is 2. The third-order valence-corrected chi connectivity index (χ3v) is 12.2. The summed E-state index contributed by atoms with van der Waals surface area (Å²) in [6.45, 7) is 9.09. The maximum atomic E-state index is 5.82. The Bertz CT molecular complexity index is 2890. The molecule has 0 bridgehead atoms. The first kappa shape index (κ1) is 37.1. The predicted molar refractivity (Wildman–Crippen MR) is 234 cm³/mol. The molecule has 1 aliphatic rings. The van der Waals surface area contributed by atoms with Gasteiger partial charge in [0.15, 0.2) is 0 Å². The van der Waals surface area contributed by atoms with E-state index in [2.05, 4.69) is 179 Å². The molecule has 4 heteroatoms. The molecule has 3 heterocycles. The van der Waals surface area contributed by atoms with E-state index in [1.54, 1.807) is 0 Å². The molecule has 10 rings (SSSR count). The molecule has 0 fully saturated rings. The van der Waals surface area contributed by atoms with Crippen LogP contribution in [0, 0.1) is 24.5 Å². The Hall–Kier alpha value is -5.47. The van der Waals surface area contributed by atoms with Gasteiger partial charge >= 0.3 is 21.1 Å². The van der Waals surface area contributed by atoms with E-state index < -0.39 is 5.41 Å². The van der Waals surface area contributed by atoms with E-state index in [4.69, 9.17) is 9.97 Å². The van der Waals surface area contributed by atoms with E-state index in [0.29, 0.717) is 0 Å². The molecule has 0 saturated carbocycles. The minimum atomic E-state index is -0.809. The summed E-state index contributed by atoms with van der Waals surface area (Å²) in [6, 6.07) is 64.1. The minimum Gasteiger partial charge on any atom is -0.300 e. The fourth-order valence-electron chi connectivity index (χ4n) is 8.81. The van der Waals surface area contributed by atoms with Gasteiger partial charge in [-0.25, -0.2) is 0 Å². The normalized spacial score (nSPS) is 13.0. The van der Waals surface area contributed by atoms with Crippen LogP contribution in [0.25, 0.3) is 65.6 Å². The van der Waals surface area contributed by atoms with Crippen molar-refractivity contribution in [1.29, 1.82) is 0 Å². The van der Waals surface area contributed by atoms with Crippen molar-refractivity contribution in [3.8, 4) is 44.8 Å². The van der Waals surface area contributed by atoms with Gasteiger partial charge in [0.2, 0.25) is 0 Å². The van der Waals surface area contributed by atoms with Gasteiger partial charge in [0, 0.05) is 5.69 Å². The third kappa shape index (κ3) is 6.38. The summed E-state index contributed by atoms with van der Waals surface area (Å²) in [6.07, 6.45) is 1.01. The van der Waals surface area contributed by atoms with E-state index in [0.717, 1.165) is 56.8 Å². The van der Waals surface area contributed by atoms with Crippen LogP contribution >= 0.6 is 11.3 Å². The zero-order chi connectivity index (χ0) is 38.0. The topological polar surface area (TPSA) is 25.8 Å². The smallest absolute Gasteiger partial charge is 0.300 e. The molecule has 0 atom stereocenters. The second kappa shape index (κ2) is 14.5. The standard InChI is InChI=1S/C53H40N2S.Pt/c1-34-29-43-40-18-9-8-17-38(40)30-44(51(43)56-34)48-31-39(36-27-25-35(26-28-36)33-52(2,3)4)32-50(55-48)53(49-24-14-23-47(54-49)37-15-6-5-7-16-37)45-21-12-10-19-41(45)42-20-11-13-22-46(42)53;/h5-15,17-29,31-32H,33H2,1-4H3;/q-2;+2. The molecule has 6 aromatic carbocycles. The summed E-state index contributed by atoms with van der Waals surface area (Å²) < 4.78 is 1.21. The summed E-state index contributed by atoms with van der Waals surface area (Å²) in [4.78, 5) is 12.6. The van der Waals surface area contributed by atoms with Crippen molar-refractivity contribution in [2.24, 2.45) is 5.41 Å². The molecule has 57 heavy (non-hydrogen) atoms. The Balaban J connectivity index is 0.00000422. The van der Waals surface area contributed by atoms with Crippen LogP contribution in [-0.2, 0) is 32.9 Å². The summed E-state index contributed by atoms with van der Waals surface area (Å²) in [7, 11) is 0. The summed E-state index contributed by atoms with van der Waals surface area (Å²) >= 11 is 1.82. The van der Waals surface area contributed by atoms with Crippen molar-refractivity contribution in [2.45, 2.75) is 39.5 Å². The monoisotopic (exact) mass is 931 g/mol. The van der Waals surface area contributed by atoms with Gasteiger partial charge in [0.1, 0.15) is 5.41 Å². The molecule has 3 aromatic heterocycles.